The zero-order valence-corrected chi connectivity index (χ0v) is 11.3. The van der Waals surface area contributed by atoms with Gasteiger partial charge in [-0.25, -0.2) is 4.79 Å². The van der Waals surface area contributed by atoms with E-state index in [-0.39, 0.29) is 6.09 Å². The van der Waals surface area contributed by atoms with Crippen molar-refractivity contribution in [3.8, 4) is 0 Å². The molecule has 1 N–H and O–H groups in total. The van der Waals surface area contributed by atoms with Gasteiger partial charge in [-0.3, -0.25) is 0 Å². The van der Waals surface area contributed by atoms with Crippen molar-refractivity contribution in [3.63, 3.8) is 0 Å². The van der Waals surface area contributed by atoms with Crippen LogP contribution in [-0.2, 0) is 11.3 Å². The van der Waals surface area contributed by atoms with E-state index in [9.17, 15) is 4.79 Å². The van der Waals surface area contributed by atoms with Crippen LogP contribution in [0.3, 0.4) is 0 Å². The summed E-state index contributed by atoms with van der Waals surface area (Å²) < 4.78 is 6.18. The van der Waals surface area contributed by atoms with Gasteiger partial charge in [-0.15, -0.1) is 0 Å². The number of rotatable bonds is 6. The van der Waals surface area contributed by atoms with E-state index in [2.05, 4.69) is 27.9 Å². The van der Waals surface area contributed by atoms with Crippen LogP contribution in [0, 0.1) is 0 Å². The Kier molecular flexibility index (Phi) is 6.96. The summed E-state index contributed by atoms with van der Waals surface area (Å²) in [5.41, 5.74) is 1.00. The minimum absolute atomic E-state index is 0.332. The highest BCUT2D eigenvalue weighted by molar-refractivity contribution is 14.1. The Morgan fingerprint density at radius 1 is 1.25 bits per heavy atom. The molecule has 1 aromatic carbocycles. The van der Waals surface area contributed by atoms with Gasteiger partial charge in [0.15, 0.2) is 0 Å². The Labute approximate surface area is 110 Å². The molecular formula is C12H16INO2. The van der Waals surface area contributed by atoms with E-state index in [1.54, 1.807) is 0 Å². The molecule has 0 spiro atoms. The van der Waals surface area contributed by atoms with Crippen LogP contribution in [0.4, 0.5) is 4.79 Å². The highest BCUT2D eigenvalue weighted by Crippen LogP contribution is 2.00. The number of carbonyl (C=O) groups is 1. The maximum absolute atomic E-state index is 11.2. The minimum atomic E-state index is -0.336. The lowest BCUT2D eigenvalue weighted by atomic mass is 10.2. The maximum Gasteiger partial charge on any atom is 0.407 e. The van der Waals surface area contributed by atoms with Crippen molar-refractivity contribution in [2.45, 2.75) is 19.4 Å². The van der Waals surface area contributed by atoms with E-state index in [4.69, 9.17) is 4.74 Å². The topological polar surface area (TPSA) is 38.3 Å². The number of hydrogen-bond donors (Lipinski definition) is 1. The lowest BCUT2D eigenvalue weighted by Crippen LogP contribution is -2.25. The molecule has 1 rings (SSSR count). The number of alkyl carbamates (subject to hydrolysis) is 1. The first kappa shape index (κ1) is 13.3. The van der Waals surface area contributed by atoms with Gasteiger partial charge in [0, 0.05) is 6.54 Å². The molecule has 0 aliphatic heterocycles. The summed E-state index contributed by atoms with van der Waals surface area (Å²) >= 11 is 2.32. The maximum atomic E-state index is 11.2. The van der Waals surface area contributed by atoms with Crippen LogP contribution in [0.15, 0.2) is 30.3 Å². The number of carbonyl (C=O) groups excluding carboxylic acids is 1. The summed E-state index contributed by atoms with van der Waals surface area (Å²) in [5.74, 6) is 0. The molecule has 16 heavy (non-hydrogen) atoms. The van der Waals surface area contributed by atoms with Crippen molar-refractivity contribution in [2.24, 2.45) is 0 Å². The van der Waals surface area contributed by atoms with Gasteiger partial charge >= 0.3 is 6.09 Å². The lowest BCUT2D eigenvalue weighted by Gasteiger charge is -2.06. The molecule has 0 fully saturated rings. The smallest absolute Gasteiger partial charge is 0.407 e. The number of unbranched alkanes of at least 4 members (excludes halogenated alkanes) is 1. The second-order valence-corrected chi connectivity index (χ2v) is 4.46. The molecule has 88 valence electrons. The lowest BCUT2D eigenvalue weighted by molar-refractivity contribution is 0.139. The largest absolute Gasteiger partial charge is 0.445 e. The molecule has 0 saturated carbocycles. The van der Waals surface area contributed by atoms with Crippen molar-refractivity contribution in [2.75, 3.05) is 11.0 Å². The minimum Gasteiger partial charge on any atom is -0.445 e. The predicted octanol–water partition coefficient (Wildman–Crippen LogP) is 3.13. The van der Waals surface area contributed by atoms with Gasteiger partial charge in [-0.2, -0.15) is 0 Å². The van der Waals surface area contributed by atoms with Crippen molar-refractivity contribution < 1.29 is 9.53 Å². The standard InChI is InChI=1S/C12H16INO2/c13-8-4-5-9-14-12(15)16-10-11-6-2-1-3-7-11/h1-3,6-7H,4-5,8-10H2,(H,14,15). The van der Waals surface area contributed by atoms with Crippen LogP contribution in [-0.4, -0.2) is 17.1 Å². The third kappa shape index (κ3) is 5.95. The molecule has 0 aromatic heterocycles. The monoisotopic (exact) mass is 333 g/mol. The number of nitrogens with one attached hydrogen (secondary N) is 1. The second-order valence-electron chi connectivity index (χ2n) is 3.38. The molecule has 0 heterocycles. The van der Waals surface area contributed by atoms with E-state index < -0.39 is 0 Å². The van der Waals surface area contributed by atoms with Gasteiger partial charge in [0.1, 0.15) is 6.61 Å². The fourth-order valence-electron chi connectivity index (χ4n) is 1.18. The van der Waals surface area contributed by atoms with Gasteiger partial charge < -0.3 is 10.1 Å². The third-order valence-corrected chi connectivity index (χ3v) is 2.81. The molecule has 0 bridgehead atoms. The van der Waals surface area contributed by atoms with Crippen LogP contribution >= 0.6 is 22.6 Å². The number of halogens is 1. The number of amides is 1. The first-order valence-corrected chi connectivity index (χ1v) is 6.86. The summed E-state index contributed by atoms with van der Waals surface area (Å²) in [6, 6.07) is 9.66. The molecule has 0 atom stereocenters. The van der Waals surface area contributed by atoms with Crippen LogP contribution in [0.5, 0.6) is 0 Å². The summed E-state index contributed by atoms with van der Waals surface area (Å²) in [7, 11) is 0. The predicted molar refractivity (Wildman–Crippen MR) is 72.8 cm³/mol. The van der Waals surface area contributed by atoms with Gasteiger partial charge in [0.05, 0.1) is 0 Å². The summed E-state index contributed by atoms with van der Waals surface area (Å²) in [6.45, 7) is 1.02. The van der Waals surface area contributed by atoms with Gasteiger partial charge in [0.2, 0.25) is 0 Å². The molecule has 0 radical (unpaired) electrons. The molecule has 0 aliphatic rings. The first-order chi connectivity index (χ1) is 7.83. The zero-order valence-electron chi connectivity index (χ0n) is 9.12. The fraction of sp³-hybridized carbons (Fsp3) is 0.417. The SMILES string of the molecule is O=C(NCCCCI)OCc1ccccc1. The normalized spacial score (nSPS) is 9.81. The van der Waals surface area contributed by atoms with E-state index in [0.29, 0.717) is 13.2 Å². The van der Waals surface area contributed by atoms with Gasteiger partial charge in [-0.05, 0) is 22.8 Å². The molecule has 1 aromatic rings. The highest BCUT2D eigenvalue weighted by Gasteiger charge is 2.00. The Morgan fingerprint density at radius 2 is 2.00 bits per heavy atom. The summed E-state index contributed by atoms with van der Waals surface area (Å²) in [5, 5.41) is 2.72. The van der Waals surface area contributed by atoms with Crippen molar-refractivity contribution >= 4 is 28.7 Å². The number of hydrogen-bond acceptors (Lipinski definition) is 2. The quantitative estimate of drug-likeness (QED) is 0.493. The molecular weight excluding hydrogens is 317 g/mol. The summed E-state index contributed by atoms with van der Waals surface area (Å²) in [6.07, 6.45) is 1.79. The fourth-order valence-corrected chi connectivity index (χ4v) is 1.72. The molecule has 0 unspecified atom stereocenters. The Balaban J connectivity index is 2.11. The Morgan fingerprint density at radius 3 is 2.69 bits per heavy atom. The average Bonchev–Trinajstić information content (AvgIpc) is 2.33. The number of alkyl halides is 1. The van der Waals surface area contributed by atoms with Gasteiger partial charge in [-0.1, -0.05) is 52.9 Å². The van der Waals surface area contributed by atoms with Crippen LogP contribution in [0.25, 0.3) is 0 Å². The number of ether oxygens (including phenoxy) is 1. The van der Waals surface area contributed by atoms with E-state index in [1.165, 1.54) is 0 Å². The Hall–Kier alpha value is -0.780. The second kappa shape index (κ2) is 8.38. The molecule has 4 heteroatoms. The Bertz CT molecular complexity index is 303. The highest BCUT2D eigenvalue weighted by atomic mass is 127. The molecule has 0 saturated heterocycles. The number of benzene rings is 1. The third-order valence-electron chi connectivity index (χ3n) is 2.04. The molecule has 0 aliphatic carbocycles. The van der Waals surface area contributed by atoms with E-state index in [1.807, 2.05) is 30.3 Å². The average molecular weight is 333 g/mol. The first-order valence-electron chi connectivity index (χ1n) is 5.33. The van der Waals surface area contributed by atoms with Crippen LogP contribution in [0.2, 0.25) is 0 Å². The zero-order chi connectivity index (χ0) is 11.6. The van der Waals surface area contributed by atoms with E-state index >= 15 is 0 Å². The van der Waals surface area contributed by atoms with Crippen LogP contribution in [0.1, 0.15) is 18.4 Å². The molecule has 1 amide bonds. The summed E-state index contributed by atoms with van der Waals surface area (Å²) in [4.78, 5) is 11.2. The van der Waals surface area contributed by atoms with Crippen molar-refractivity contribution in [3.05, 3.63) is 35.9 Å². The molecule has 3 nitrogen and oxygen atoms in total. The van der Waals surface area contributed by atoms with E-state index in [0.717, 1.165) is 22.8 Å². The van der Waals surface area contributed by atoms with Crippen LogP contribution < -0.4 is 5.32 Å². The van der Waals surface area contributed by atoms with Gasteiger partial charge in [0.25, 0.3) is 0 Å². The van der Waals surface area contributed by atoms with Crippen molar-refractivity contribution in [1.82, 2.24) is 5.32 Å². The van der Waals surface area contributed by atoms with Crippen molar-refractivity contribution in [1.29, 1.82) is 0 Å².